The first-order chi connectivity index (χ1) is 15.5. The van der Waals surface area contributed by atoms with E-state index in [9.17, 15) is 14.0 Å². The monoisotopic (exact) mass is 434 g/mol. The number of nitrogens with zero attached hydrogens (tertiary/aromatic N) is 1. The van der Waals surface area contributed by atoms with Gasteiger partial charge in [-0.1, -0.05) is 55.3 Å². The summed E-state index contributed by atoms with van der Waals surface area (Å²) in [4.78, 5) is 28.3. The van der Waals surface area contributed by atoms with E-state index in [0.717, 1.165) is 49.7 Å². The number of benzene rings is 2. The summed E-state index contributed by atoms with van der Waals surface area (Å²) in [6, 6.07) is 17.0. The lowest BCUT2D eigenvalue weighted by Crippen LogP contribution is -2.55. The first kappa shape index (κ1) is 21.2. The summed E-state index contributed by atoms with van der Waals surface area (Å²) in [5.41, 5.74) is 1.46. The number of likely N-dealkylation sites (tertiary alicyclic amines) is 1. The smallest absolute Gasteiger partial charge is 0.233 e. The van der Waals surface area contributed by atoms with Gasteiger partial charge in [0.2, 0.25) is 11.8 Å². The van der Waals surface area contributed by atoms with Crippen molar-refractivity contribution in [2.45, 2.75) is 56.3 Å². The van der Waals surface area contributed by atoms with Crippen molar-refractivity contribution in [2.24, 2.45) is 5.41 Å². The van der Waals surface area contributed by atoms with Gasteiger partial charge in [-0.2, -0.15) is 0 Å². The molecule has 2 aliphatic heterocycles. The highest BCUT2D eigenvalue weighted by Crippen LogP contribution is 2.50. The number of carbonyl (C=O) groups excluding carboxylic acids is 2. The predicted octanol–water partition coefficient (Wildman–Crippen LogP) is 4.55. The number of amides is 2. The zero-order valence-electron chi connectivity index (χ0n) is 18.5. The highest BCUT2D eigenvalue weighted by atomic mass is 19.1. The zero-order chi connectivity index (χ0) is 22.2. The van der Waals surface area contributed by atoms with E-state index < -0.39 is 5.41 Å². The lowest BCUT2D eigenvalue weighted by molar-refractivity contribution is -0.141. The van der Waals surface area contributed by atoms with Gasteiger partial charge in [-0.15, -0.1) is 0 Å². The molecule has 3 aliphatic rings. The maximum Gasteiger partial charge on any atom is 0.233 e. The maximum absolute atomic E-state index is 14.0. The summed E-state index contributed by atoms with van der Waals surface area (Å²) >= 11 is 0. The fraction of sp³-hybridized carbons (Fsp3) is 0.481. The fourth-order valence-corrected chi connectivity index (χ4v) is 6.48. The van der Waals surface area contributed by atoms with Gasteiger partial charge in [0.1, 0.15) is 5.82 Å². The van der Waals surface area contributed by atoms with Crippen LogP contribution < -0.4 is 5.32 Å². The molecule has 1 atom stereocenters. The Bertz CT molecular complexity index is 992. The van der Waals surface area contributed by atoms with Gasteiger partial charge in [0.25, 0.3) is 0 Å². The minimum atomic E-state index is -0.405. The first-order valence-electron chi connectivity index (χ1n) is 11.9. The van der Waals surface area contributed by atoms with Crippen LogP contribution in [0.3, 0.4) is 0 Å². The molecule has 2 saturated heterocycles. The second-order valence-corrected chi connectivity index (χ2v) is 9.90. The van der Waals surface area contributed by atoms with Crippen molar-refractivity contribution in [3.8, 4) is 0 Å². The molecule has 0 bridgehead atoms. The van der Waals surface area contributed by atoms with Crippen molar-refractivity contribution in [1.29, 1.82) is 0 Å². The Hall–Kier alpha value is -2.69. The lowest BCUT2D eigenvalue weighted by Gasteiger charge is -2.50. The summed E-state index contributed by atoms with van der Waals surface area (Å²) in [5.74, 6) is 0.142. The number of hydrogen-bond acceptors (Lipinski definition) is 2. The second kappa shape index (κ2) is 8.34. The molecule has 2 aromatic rings. The molecule has 32 heavy (non-hydrogen) atoms. The Morgan fingerprint density at radius 1 is 0.969 bits per heavy atom. The molecule has 168 valence electrons. The number of piperidine rings is 2. The summed E-state index contributed by atoms with van der Waals surface area (Å²) in [7, 11) is 0. The fourth-order valence-electron chi connectivity index (χ4n) is 6.48. The third-order valence-corrected chi connectivity index (χ3v) is 8.25. The lowest BCUT2D eigenvalue weighted by atomic mass is 9.62. The normalized spacial score (nSPS) is 24.3. The minimum Gasteiger partial charge on any atom is -0.355 e. The Balaban J connectivity index is 1.38. The van der Waals surface area contributed by atoms with Crippen LogP contribution in [0.25, 0.3) is 0 Å². The summed E-state index contributed by atoms with van der Waals surface area (Å²) in [5, 5.41) is 2.99. The zero-order valence-corrected chi connectivity index (χ0v) is 18.5. The Kier molecular flexibility index (Phi) is 5.52. The van der Waals surface area contributed by atoms with Crippen molar-refractivity contribution in [3.63, 3.8) is 0 Å². The SMILES string of the molecule is O=C1CC2(CCN(C(=O)C3(c4ccccc4)CCCC3)CC2)C(c2cccc(F)c2)CN1. The van der Waals surface area contributed by atoms with E-state index in [0.29, 0.717) is 26.1 Å². The van der Waals surface area contributed by atoms with Gasteiger partial charge in [-0.05, 0) is 54.4 Å². The van der Waals surface area contributed by atoms with Crippen LogP contribution in [0.4, 0.5) is 4.39 Å². The van der Waals surface area contributed by atoms with E-state index in [4.69, 9.17) is 0 Å². The summed E-state index contributed by atoms with van der Waals surface area (Å²) in [6.45, 7) is 1.85. The maximum atomic E-state index is 14.0. The van der Waals surface area contributed by atoms with Crippen molar-refractivity contribution < 1.29 is 14.0 Å². The molecule has 5 rings (SSSR count). The van der Waals surface area contributed by atoms with Crippen LogP contribution in [0, 0.1) is 11.2 Å². The Morgan fingerprint density at radius 2 is 1.69 bits per heavy atom. The molecule has 1 spiro atoms. The molecule has 1 N–H and O–H groups in total. The third kappa shape index (κ3) is 3.62. The molecule has 1 aliphatic carbocycles. The number of carbonyl (C=O) groups is 2. The van der Waals surface area contributed by atoms with Crippen LogP contribution in [0.2, 0.25) is 0 Å². The molecule has 1 unspecified atom stereocenters. The molecule has 2 heterocycles. The second-order valence-electron chi connectivity index (χ2n) is 9.90. The number of hydrogen-bond donors (Lipinski definition) is 1. The molecule has 0 radical (unpaired) electrons. The molecule has 5 heteroatoms. The van der Waals surface area contributed by atoms with Crippen molar-refractivity contribution >= 4 is 11.8 Å². The van der Waals surface area contributed by atoms with Gasteiger partial charge in [0.05, 0.1) is 5.41 Å². The molecular weight excluding hydrogens is 403 g/mol. The van der Waals surface area contributed by atoms with Gasteiger partial charge in [0, 0.05) is 32.0 Å². The van der Waals surface area contributed by atoms with E-state index in [1.54, 1.807) is 12.1 Å². The van der Waals surface area contributed by atoms with Gasteiger partial charge >= 0.3 is 0 Å². The van der Waals surface area contributed by atoms with Gasteiger partial charge in [-0.3, -0.25) is 9.59 Å². The quantitative estimate of drug-likeness (QED) is 0.771. The van der Waals surface area contributed by atoms with E-state index in [1.165, 1.54) is 6.07 Å². The Labute approximate surface area is 189 Å². The molecule has 2 aromatic carbocycles. The largest absolute Gasteiger partial charge is 0.355 e. The number of halogens is 1. The van der Waals surface area contributed by atoms with E-state index in [2.05, 4.69) is 17.4 Å². The highest BCUT2D eigenvalue weighted by molar-refractivity contribution is 5.89. The van der Waals surface area contributed by atoms with Crippen molar-refractivity contribution in [3.05, 3.63) is 71.5 Å². The van der Waals surface area contributed by atoms with Crippen molar-refractivity contribution in [1.82, 2.24) is 10.2 Å². The molecule has 1 saturated carbocycles. The summed E-state index contributed by atoms with van der Waals surface area (Å²) in [6.07, 6.45) is 5.98. The van der Waals surface area contributed by atoms with Gasteiger partial charge < -0.3 is 10.2 Å². The first-order valence-corrected chi connectivity index (χ1v) is 11.9. The highest BCUT2D eigenvalue weighted by Gasteiger charge is 2.50. The average Bonchev–Trinajstić information content (AvgIpc) is 3.31. The standard InChI is InChI=1S/C27H31FN2O2/c28-22-10-6-7-20(17-22)23-19-29-24(31)18-26(23)13-15-30(16-14-26)25(32)27(11-4-5-12-27)21-8-2-1-3-9-21/h1-3,6-10,17,23H,4-5,11-16,18-19H2,(H,29,31). The van der Waals surface area contributed by atoms with Gasteiger partial charge in [-0.25, -0.2) is 4.39 Å². The minimum absolute atomic E-state index is 0.0639. The summed E-state index contributed by atoms with van der Waals surface area (Å²) < 4.78 is 14.0. The van der Waals surface area contributed by atoms with E-state index in [1.807, 2.05) is 29.2 Å². The van der Waals surface area contributed by atoms with Crippen LogP contribution in [-0.4, -0.2) is 36.3 Å². The molecule has 0 aromatic heterocycles. The Morgan fingerprint density at radius 3 is 2.38 bits per heavy atom. The predicted molar refractivity (Wildman–Crippen MR) is 122 cm³/mol. The third-order valence-electron chi connectivity index (χ3n) is 8.25. The average molecular weight is 435 g/mol. The number of nitrogens with one attached hydrogen (secondary N) is 1. The van der Waals surface area contributed by atoms with Crippen LogP contribution in [-0.2, 0) is 15.0 Å². The molecule has 3 fully saturated rings. The van der Waals surface area contributed by atoms with Crippen molar-refractivity contribution in [2.75, 3.05) is 19.6 Å². The van der Waals surface area contributed by atoms with Crippen LogP contribution in [0.5, 0.6) is 0 Å². The van der Waals surface area contributed by atoms with Gasteiger partial charge in [0.15, 0.2) is 0 Å². The van der Waals surface area contributed by atoms with E-state index in [-0.39, 0.29) is 29.0 Å². The molecular formula is C27H31FN2O2. The van der Waals surface area contributed by atoms with Crippen LogP contribution >= 0.6 is 0 Å². The number of rotatable bonds is 3. The van der Waals surface area contributed by atoms with E-state index >= 15 is 0 Å². The van der Waals surface area contributed by atoms with Crippen LogP contribution in [0.15, 0.2) is 54.6 Å². The molecule has 4 nitrogen and oxygen atoms in total. The topological polar surface area (TPSA) is 49.4 Å². The van der Waals surface area contributed by atoms with Crippen LogP contribution in [0.1, 0.15) is 62.0 Å². The molecule has 2 amide bonds.